The van der Waals surface area contributed by atoms with Gasteiger partial charge in [-0.15, -0.1) is 0 Å². The molecule has 0 bridgehead atoms. The second-order valence-electron chi connectivity index (χ2n) is 4.80. The van der Waals surface area contributed by atoms with E-state index >= 15 is 0 Å². The number of carboxylic acids is 1. The summed E-state index contributed by atoms with van der Waals surface area (Å²) in [6, 6.07) is 2.99. The smallest absolute Gasteiger partial charge is 0.323 e. The monoisotopic (exact) mass is 287 g/mol. The molecule has 0 saturated heterocycles. The number of likely N-dealkylation sites (N-methyl/N-ethyl adjacent to an activating group) is 1. The molecule has 112 valence electrons. The van der Waals surface area contributed by atoms with Crippen LogP contribution in [0.2, 0.25) is 0 Å². The molecule has 0 spiro atoms. The van der Waals surface area contributed by atoms with Crippen molar-refractivity contribution in [3.63, 3.8) is 0 Å². The molecule has 2 N–H and O–H groups in total. The van der Waals surface area contributed by atoms with Crippen molar-refractivity contribution in [1.29, 1.82) is 0 Å². The highest BCUT2D eigenvalue weighted by Gasteiger charge is 2.29. The summed E-state index contributed by atoms with van der Waals surface area (Å²) in [6.45, 7) is 1.89. The Morgan fingerprint density at radius 2 is 1.90 bits per heavy atom. The Hall–Kier alpha value is -1.69. The SMILES string of the molecule is CNC(C)(CCCCOc1cc(F)cc(F)c1)C(=O)O. The first-order chi connectivity index (χ1) is 9.37. The second-order valence-corrected chi connectivity index (χ2v) is 4.80. The van der Waals surface area contributed by atoms with Gasteiger partial charge in [0.05, 0.1) is 6.61 Å². The molecule has 0 aliphatic rings. The molecule has 0 fully saturated rings. The molecule has 6 heteroatoms. The predicted octanol–water partition coefficient (Wildman–Crippen LogP) is 2.58. The van der Waals surface area contributed by atoms with Crippen LogP contribution in [0.3, 0.4) is 0 Å². The highest BCUT2D eigenvalue weighted by atomic mass is 19.1. The normalized spacial score (nSPS) is 13.8. The van der Waals surface area contributed by atoms with E-state index in [0.717, 1.165) is 18.2 Å². The van der Waals surface area contributed by atoms with E-state index in [1.54, 1.807) is 14.0 Å². The number of hydrogen-bond acceptors (Lipinski definition) is 3. The van der Waals surface area contributed by atoms with E-state index in [4.69, 9.17) is 9.84 Å². The van der Waals surface area contributed by atoms with Gasteiger partial charge in [-0.1, -0.05) is 0 Å². The molecule has 0 radical (unpaired) electrons. The molecule has 0 heterocycles. The lowest BCUT2D eigenvalue weighted by Gasteiger charge is -2.23. The van der Waals surface area contributed by atoms with Gasteiger partial charge in [-0.3, -0.25) is 4.79 Å². The van der Waals surface area contributed by atoms with Gasteiger partial charge in [0.15, 0.2) is 0 Å². The zero-order chi connectivity index (χ0) is 15.2. The van der Waals surface area contributed by atoms with Crippen LogP contribution < -0.4 is 10.1 Å². The fourth-order valence-corrected chi connectivity index (χ4v) is 1.72. The van der Waals surface area contributed by atoms with Crippen LogP contribution >= 0.6 is 0 Å². The largest absolute Gasteiger partial charge is 0.493 e. The van der Waals surface area contributed by atoms with E-state index in [-0.39, 0.29) is 12.4 Å². The summed E-state index contributed by atoms with van der Waals surface area (Å²) in [7, 11) is 1.60. The van der Waals surface area contributed by atoms with Gasteiger partial charge in [-0.25, -0.2) is 8.78 Å². The van der Waals surface area contributed by atoms with Gasteiger partial charge in [-0.2, -0.15) is 0 Å². The van der Waals surface area contributed by atoms with Crippen LogP contribution in [0.15, 0.2) is 18.2 Å². The minimum absolute atomic E-state index is 0.136. The fourth-order valence-electron chi connectivity index (χ4n) is 1.72. The molecular formula is C14H19F2NO3. The van der Waals surface area contributed by atoms with Gasteiger partial charge in [0, 0.05) is 18.2 Å². The molecule has 0 aromatic heterocycles. The third-order valence-electron chi connectivity index (χ3n) is 3.20. The van der Waals surface area contributed by atoms with Crippen molar-refractivity contribution in [1.82, 2.24) is 5.32 Å². The number of aliphatic carboxylic acids is 1. The minimum atomic E-state index is -0.967. The lowest BCUT2D eigenvalue weighted by molar-refractivity contribution is -0.144. The van der Waals surface area contributed by atoms with Crippen molar-refractivity contribution in [2.45, 2.75) is 31.7 Å². The Kier molecular flexibility index (Phi) is 5.88. The molecule has 20 heavy (non-hydrogen) atoms. The molecule has 1 aromatic rings. The number of nitrogens with one attached hydrogen (secondary N) is 1. The van der Waals surface area contributed by atoms with Crippen LogP contribution in [-0.4, -0.2) is 30.3 Å². The number of rotatable bonds is 8. The maximum absolute atomic E-state index is 12.9. The van der Waals surface area contributed by atoms with Crippen LogP contribution in [-0.2, 0) is 4.79 Å². The third-order valence-corrected chi connectivity index (χ3v) is 3.20. The van der Waals surface area contributed by atoms with E-state index in [2.05, 4.69) is 5.32 Å². The zero-order valence-electron chi connectivity index (χ0n) is 11.6. The Bertz CT molecular complexity index is 447. The van der Waals surface area contributed by atoms with Crippen LogP contribution in [0.4, 0.5) is 8.78 Å². The first kappa shape index (κ1) is 16.4. The molecule has 1 atom stereocenters. The van der Waals surface area contributed by atoms with Gasteiger partial charge in [0.2, 0.25) is 0 Å². The minimum Gasteiger partial charge on any atom is -0.493 e. The average Bonchev–Trinajstić information content (AvgIpc) is 2.36. The number of carboxylic acid groups (broad SMARTS) is 1. The summed E-state index contributed by atoms with van der Waals surface area (Å²) in [6.07, 6.45) is 1.67. The van der Waals surface area contributed by atoms with Crippen LogP contribution in [0.1, 0.15) is 26.2 Å². The molecule has 0 amide bonds. The van der Waals surface area contributed by atoms with Gasteiger partial charge in [0.1, 0.15) is 22.9 Å². The van der Waals surface area contributed by atoms with Crippen molar-refractivity contribution in [3.05, 3.63) is 29.8 Å². The summed E-state index contributed by atoms with van der Waals surface area (Å²) in [4.78, 5) is 11.0. The van der Waals surface area contributed by atoms with Crippen LogP contribution in [0.25, 0.3) is 0 Å². The number of unbranched alkanes of at least 4 members (excludes halogenated alkanes) is 1. The fraction of sp³-hybridized carbons (Fsp3) is 0.500. The quantitative estimate of drug-likeness (QED) is 0.722. The molecule has 1 aromatic carbocycles. The Morgan fingerprint density at radius 3 is 2.40 bits per heavy atom. The summed E-state index contributed by atoms with van der Waals surface area (Å²) in [5.74, 6) is -2.15. The van der Waals surface area contributed by atoms with Gasteiger partial charge < -0.3 is 15.2 Å². The highest BCUT2D eigenvalue weighted by molar-refractivity contribution is 5.78. The van der Waals surface area contributed by atoms with Gasteiger partial charge >= 0.3 is 5.97 Å². The van der Waals surface area contributed by atoms with Crippen molar-refractivity contribution in [2.24, 2.45) is 0 Å². The topological polar surface area (TPSA) is 58.6 Å². The first-order valence-electron chi connectivity index (χ1n) is 6.38. The van der Waals surface area contributed by atoms with Gasteiger partial charge in [0.25, 0.3) is 0 Å². The van der Waals surface area contributed by atoms with Crippen LogP contribution in [0.5, 0.6) is 5.75 Å². The maximum Gasteiger partial charge on any atom is 0.323 e. The van der Waals surface area contributed by atoms with Gasteiger partial charge in [-0.05, 0) is 33.2 Å². The number of ether oxygens (including phenoxy) is 1. The van der Waals surface area contributed by atoms with E-state index in [0.29, 0.717) is 19.3 Å². The van der Waals surface area contributed by atoms with Crippen molar-refractivity contribution in [2.75, 3.05) is 13.7 Å². The molecule has 4 nitrogen and oxygen atoms in total. The number of halogens is 2. The van der Waals surface area contributed by atoms with E-state index in [1.165, 1.54) is 0 Å². The van der Waals surface area contributed by atoms with Crippen LogP contribution in [0, 0.1) is 11.6 Å². The molecule has 0 aliphatic heterocycles. The third kappa shape index (κ3) is 4.77. The standard InChI is InChI=1S/C14H19F2NO3/c1-14(17-2,13(18)19)5-3-4-6-20-12-8-10(15)7-11(16)9-12/h7-9,17H,3-6H2,1-2H3,(H,18,19). The molecule has 0 saturated carbocycles. The molecule has 1 rings (SSSR count). The number of carbonyl (C=O) groups is 1. The summed E-state index contributed by atoms with van der Waals surface area (Å²) >= 11 is 0. The van der Waals surface area contributed by atoms with E-state index in [1.807, 2.05) is 0 Å². The lowest BCUT2D eigenvalue weighted by atomic mass is 9.95. The summed E-state index contributed by atoms with van der Waals surface area (Å²) < 4.78 is 31.0. The van der Waals surface area contributed by atoms with Crippen molar-refractivity contribution >= 4 is 5.97 Å². The Balaban J connectivity index is 2.33. The number of benzene rings is 1. The zero-order valence-corrected chi connectivity index (χ0v) is 11.6. The maximum atomic E-state index is 12.9. The molecule has 1 unspecified atom stereocenters. The molecule has 0 aliphatic carbocycles. The first-order valence-corrected chi connectivity index (χ1v) is 6.38. The Labute approximate surface area is 116 Å². The Morgan fingerprint density at radius 1 is 1.30 bits per heavy atom. The predicted molar refractivity (Wildman–Crippen MR) is 70.8 cm³/mol. The van der Waals surface area contributed by atoms with Crippen molar-refractivity contribution in [3.8, 4) is 5.75 Å². The summed E-state index contributed by atoms with van der Waals surface area (Å²) in [5.41, 5.74) is -0.967. The average molecular weight is 287 g/mol. The molecular weight excluding hydrogens is 268 g/mol. The van der Waals surface area contributed by atoms with E-state index in [9.17, 15) is 13.6 Å². The lowest BCUT2D eigenvalue weighted by Crippen LogP contribution is -2.47. The van der Waals surface area contributed by atoms with Crippen molar-refractivity contribution < 1.29 is 23.4 Å². The highest BCUT2D eigenvalue weighted by Crippen LogP contribution is 2.17. The second kappa shape index (κ2) is 7.19. The number of hydrogen-bond donors (Lipinski definition) is 2. The summed E-state index contributed by atoms with van der Waals surface area (Å²) in [5, 5.41) is 11.8. The van der Waals surface area contributed by atoms with E-state index < -0.39 is 23.1 Å².